The first-order valence-corrected chi connectivity index (χ1v) is 8.07. The van der Waals surface area contributed by atoms with Crippen LogP contribution in [0.3, 0.4) is 0 Å². The Labute approximate surface area is 140 Å². The quantitative estimate of drug-likeness (QED) is 0.626. The molecule has 6 nitrogen and oxygen atoms in total. The number of hydrogen-bond acceptors (Lipinski definition) is 4. The summed E-state index contributed by atoms with van der Waals surface area (Å²) in [4.78, 5) is 24.2. The van der Waals surface area contributed by atoms with Crippen molar-refractivity contribution in [3.8, 4) is 0 Å². The lowest BCUT2D eigenvalue weighted by Gasteiger charge is -2.21. The fourth-order valence-corrected chi connectivity index (χ4v) is 3.62. The van der Waals surface area contributed by atoms with Crippen LogP contribution in [-0.4, -0.2) is 24.5 Å². The average Bonchev–Trinajstić information content (AvgIpc) is 3.08. The standard InChI is InChI=1S/C14H22N4O2S.ClH/c15-8-9-3-1-4-10(9)17-13(19)7-11(18-14(16)20)12-5-2-6-21-12;/h2,5-6,9-11H,1,3-4,7-8,15H2,(H,17,19)(H3,16,18,20);1H. The largest absolute Gasteiger partial charge is 0.353 e. The number of rotatable bonds is 6. The van der Waals surface area contributed by atoms with Crippen LogP contribution in [0.15, 0.2) is 17.5 Å². The highest BCUT2D eigenvalue weighted by Gasteiger charge is 2.28. The van der Waals surface area contributed by atoms with Gasteiger partial charge in [0, 0.05) is 10.9 Å². The van der Waals surface area contributed by atoms with Crippen molar-refractivity contribution in [2.45, 2.75) is 37.8 Å². The highest BCUT2D eigenvalue weighted by Crippen LogP contribution is 2.26. The molecule has 0 saturated heterocycles. The number of nitrogens with one attached hydrogen (secondary N) is 2. The zero-order valence-electron chi connectivity index (χ0n) is 12.3. The maximum Gasteiger partial charge on any atom is 0.312 e. The second-order valence-electron chi connectivity index (χ2n) is 5.38. The summed E-state index contributed by atoms with van der Waals surface area (Å²) in [6, 6.07) is 2.92. The monoisotopic (exact) mass is 346 g/mol. The van der Waals surface area contributed by atoms with Crippen LogP contribution in [-0.2, 0) is 4.79 Å². The van der Waals surface area contributed by atoms with Crippen LogP contribution >= 0.6 is 23.7 Å². The Bertz CT molecular complexity index is 483. The molecule has 1 fully saturated rings. The lowest BCUT2D eigenvalue weighted by atomic mass is 10.0. The van der Waals surface area contributed by atoms with E-state index in [1.165, 1.54) is 11.3 Å². The van der Waals surface area contributed by atoms with E-state index in [0.29, 0.717) is 12.5 Å². The Morgan fingerprint density at radius 1 is 1.41 bits per heavy atom. The molecule has 124 valence electrons. The Morgan fingerprint density at radius 3 is 2.77 bits per heavy atom. The molecule has 3 unspecified atom stereocenters. The molecule has 0 spiro atoms. The van der Waals surface area contributed by atoms with Crippen molar-refractivity contribution in [1.29, 1.82) is 0 Å². The van der Waals surface area contributed by atoms with Crippen molar-refractivity contribution in [3.63, 3.8) is 0 Å². The summed E-state index contributed by atoms with van der Waals surface area (Å²) in [6.45, 7) is 0.596. The molecule has 1 aliphatic carbocycles. The first-order chi connectivity index (χ1) is 10.1. The van der Waals surface area contributed by atoms with Crippen molar-refractivity contribution < 1.29 is 9.59 Å². The summed E-state index contributed by atoms with van der Waals surface area (Å²) in [5, 5.41) is 7.57. The fraction of sp³-hybridized carbons (Fsp3) is 0.571. The van der Waals surface area contributed by atoms with Gasteiger partial charge in [-0.25, -0.2) is 4.79 Å². The van der Waals surface area contributed by atoms with Crippen LogP contribution in [0.5, 0.6) is 0 Å². The number of carbonyl (C=O) groups is 2. The first kappa shape index (κ1) is 18.7. The summed E-state index contributed by atoms with van der Waals surface area (Å²) in [6.07, 6.45) is 3.33. The molecule has 0 radical (unpaired) electrons. The molecule has 1 heterocycles. The summed E-state index contributed by atoms with van der Waals surface area (Å²) < 4.78 is 0. The zero-order valence-corrected chi connectivity index (χ0v) is 13.9. The third-order valence-electron chi connectivity index (χ3n) is 3.90. The predicted molar refractivity (Wildman–Crippen MR) is 90.0 cm³/mol. The summed E-state index contributed by atoms with van der Waals surface area (Å²) in [5.41, 5.74) is 10.9. The van der Waals surface area contributed by atoms with Gasteiger partial charge in [0.15, 0.2) is 0 Å². The maximum absolute atomic E-state index is 12.2. The predicted octanol–water partition coefficient (Wildman–Crippen LogP) is 1.51. The second-order valence-corrected chi connectivity index (χ2v) is 6.36. The number of carbonyl (C=O) groups excluding carboxylic acids is 2. The van der Waals surface area contributed by atoms with E-state index in [4.69, 9.17) is 11.5 Å². The van der Waals surface area contributed by atoms with Gasteiger partial charge in [0.25, 0.3) is 0 Å². The molecule has 0 bridgehead atoms. The van der Waals surface area contributed by atoms with Crippen LogP contribution in [0.1, 0.15) is 36.6 Å². The Morgan fingerprint density at radius 2 is 2.18 bits per heavy atom. The van der Waals surface area contributed by atoms with Crippen molar-refractivity contribution in [3.05, 3.63) is 22.4 Å². The van der Waals surface area contributed by atoms with E-state index in [1.807, 2.05) is 17.5 Å². The van der Waals surface area contributed by atoms with Gasteiger partial charge in [-0.05, 0) is 36.8 Å². The van der Waals surface area contributed by atoms with Crippen molar-refractivity contribution in [2.24, 2.45) is 17.4 Å². The molecule has 1 saturated carbocycles. The van der Waals surface area contributed by atoms with Gasteiger partial charge in [0.05, 0.1) is 12.5 Å². The lowest BCUT2D eigenvalue weighted by molar-refractivity contribution is -0.122. The molecule has 1 aromatic rings. The minimum atomic E-state index is -0.623. The van der Waals surface area contributed by atoms with Crippen LogP contribution in [0.2, 0.25) is 0 Å². The summed E-state index contributed by atoms with van der Waals surface area (Å²) in [7, 11) is 0. The number of urea groups is 1. The molecule has 0 aromatic carbocycles. The van der Waals surface area contributed by atoms with E-state index in [9.17, 15) is 9.59 Å². The molecule has 22 heavy (non-hydrogen) atoms. The van der Waals surface area contributed by atoms with Gasteiger partial charge < -0.3 is 22.1 Å². The van der Waals surface area contributed by atoms with Gasteiger partial charge >= 0.3 is 6.03 Å². The van der Waals surface area contributed by atoms with Gasteiger partial charge in [0.2, 0.25) is 5.91 Å². The van der Waals surface area contributed by atoms with Crippen LogP contribution in [0.4, 0.5) is 4.79 Å². The number of hydrogen-bond donors (Lipinski definition) is 4. The van der Waals surface area contributed by atoms with Crippen LogP contribution in [0, 0.1) is 5.92 Å². The van der Waals surface area contributed by atoms with E-state index < -0.39 is 6.03 Å². The normalized spacial score (nSPS) is 21.7. The molecule has 8 heteroatoms. The van der Waals surface area contributed by atoms with Gasteiger partial charge in [-0.3, -0.25) is 4.79 Å². The van der Waals surface area contributed by atoms with Gasteiger partial charge in [-0.2, -0.15) is 0 Å². The molecule has 0 aliphatic heterocycles. The van der Waals surface area contributed by atoms with Crippen molar-refractivity contribution >= 4 is 35.7 Å². The SMILES string of the molecule is Cl.NCC1CCCC1NC(=O)CC(NC(N)=O)c1cccs1. The number of thiophene rings is 1. The van der Waals surface area contributed by atoms with E-state index in [2.05, 4.69) is 10.6 Å². The van der Waals surface area contributed by atoms with E-state index in [0.717, 1.165) is 24.1 Å². The average molecular weight is 347 g/mol. The molecule has 3 amide bonds. The number of nitrogens with two attached hydrogens (primary N) is 2. The van der Waals surface area contributed by atoms with Crippen LogP contribution in [0.25, 0.3) is 0 Å². The molecule has 2 rings (SSSR count). The molecular weight excluding hydrogens is 324 g/mol. The number of primary amides is 1. The molecule has 1 aliphatic rings. The van der Waals surface area contributed by atoms with Crippen LogP contribution < -0.4 is 22.1 Å². The minimum Gasteiger partial charge on any atom is -0.353 e. The number of halogens is 1. The molecule has 3 atom stereocenters. The Hall–Kier alpha value is -1.31. The highest BCUT2D eigenvalue weighted by atomic mass is 35.5. The first-order valence-electron chi connectivity index (χ1n) is 7.19. The Balaban J connectivity index is 0.00000242. The lowest BCUT2D eigenvalue weighted by Crippen LogP contribution is -2.42. The fourth-order valence-electron chi connectivity index (χ4n) is 2.84. The topological polar surface area (TPSA) is 110 Å². The third kappa shape index (κ3) is 5.15. The third-order valence-corrected chi connectivity index (χ3v) is 4.89. The van der Waals surface area contributed by atoms with Crippen molar-refractivity contribution in [2.75, 3.05) is 6.54 Å². The number of amides is 3. The van der Waals surface area contributed by atoms with E-state index >= 15 is 0 Å². The second kappa shape index (κ2) is 8.97. The van der Waals surface area contributed by atoms with E-state index in [-0.39, 0.29) is 36.8 Å². The summed E-state index contributed by atoms with van der Waals surface area (Å²) >= 11 is 1.49. The smallest absolute Gasteiger partial charge is 0.312 e. The molecule has 6 N–H and O–H groups in total. The van der Waals surface area contributed by atoms with Gasteiger partial charge in [-0.1, -0.05) is 12.5 Å². The molecule has 1 aromatic heterocycles. The molecular formula is C14H23ClN4O2S. The van der Waals surface area contributed by atoms with Gasteiger partial charge in [0.1, 0.15) is 0 Å². The highest BCUT2D eigenvalue weighted by molar-refractivity contribution is 7.10. The van der Waals surface area contributed by atoms with Gasteiger partial charge in [-0.15, -0.1) is 23.7 Å². The maximum atomic E-state index is 12.2. The summed E-state index contributed by atoms with van der Waals surface area (Å²) in [5.74, 6) is 0.283. The van der Waals surface area contributed by atoms with Crippen molar-refractivity contribution in [1.82, 2.24) is 10.6 Å². The van der Waals surface area contributed by atoms with E-state index in [1.54, 1.807) is 0 Å². The zero-order chi connectivity index (χ0) is 15.2. The Kier molecular flexibility index (Phi) is 7.64. The minimum absolute atomic E-state index is 0.